The fraction of sp³-hybridized carbons (Fsp3) is 0.455. The van der Waals surface area contributed by atoms with Gasteiger partial charge in [-0.3, -0.25) is 0 Å². The van der Waals surface area contributed by atoms with Gasteiger partial charge in [-0.25, -0.2) is 13.1 Å². The lowest BCUT2D eigenvalue weighted by atomic mass is 10.1. The van der Waals surface area contributed by atoms with E-state index >= 15 is 0 Å². The Morgan fingerprint density at radius 1 is 1.25 bits per heavy atom. The Morgan fingerprint density at radius 3 is 2.40 bits per heavy atom. The van der Waals surface area contributed by atoms with E-state index in [-0.39, 0.29) is 12.2 Å². The quantitative estimate of drug-likeness (QED) is 0.551. The van der Waals surface area contributed by atoms with E-state index in [4.69, 9.17) is 5.73 Å². The summed E-state index contributed by atoms with van der Waals surface area (Å²) >= 11 is 0. The Balaban J connectivity index is 2.49. The summed E-state index contributed by atoms with van der Waals surface area (Å²) in [6.07, 6.45) is -2.89. The van der Waals surface area contributed by atoms with Gasteiger partial charge in [-0.1, -0.05) is 0 Å². The van der Waals surface area contributed by atoms with Crippen molar-refractivity contribution in [1.82, 2.24) is 4.72 Å². The van der Waals surface area contributed by atoms with Crippen LogP contribution >= 0.6 is 0 Å². The van der Waals surface area contributed by atoms with Gasteiger partial charge in [0, 0.05) is 13.1 Å². The Labute approximate surface area is 115 Å². The summed E-state index contributed by atoms with van der Waals surface area (Å²) in [7, 11) is -3.23. The Morgan fingerprint density at radius 2 is 1.90 bits per heavy atom. The molecule has 0 aromatic heterocycles. The highest BCUT2D eigenvalue weighted by Crippen LogP contribution is 2.32. The molecule has 0 saturated carbocycles. The standard InChI is InChI=1S/C11H16F3N3O2S/c1-20(18,19)17-6-2-5-16-10-4-3-8(7-9(10)15)11(12,13)14/h3-4,7,16-17H,2,5-6,15H2,1H3. The number of nitrogens with one attached hydrogen (secondary N) is 2. The first-order chi connectivity index (χ1) is 9.09. The summed E-state index contributed by atoms with van der Waals surface area (Å²) in [4.78, 5) is 0. The summed E-state index contributed by atoms with van der Waals surface area (Å²) < 4.78 is 61.2. The van der Waals surface area contributed by atoms with Gasteiger partial charge in [-0.05, 0) is 24.6 Å². The van der Waals surface area contributed by atoms with Crippen LogP contribution in [-0.2, 0) is 16.2 Å². The van der Waals surface area contributed by atoms with Crippen molar-refractivity contribution in [3.8, 4) is 0 Å². The first kappa shape index (κ1) is 16.6. The van der Waals surface area contributed by atoms with E-state index in [9.17, 15) is 21.6 Å². The van der Waals surface area contributed by atoms with Crippen LogP contribution in [0.4, 0.5) is 24.5 Å². The Kier molecular flexibility index (Phi) is 5.23. The molecule has 1 rings (SSSR count). The molecule has 0 heterocycles. The number of nitrogens with two attached hydrogens (primary N) is 1. The third-order valence-electron chi connectivity index (χ3n) is 2.41. The minimum absolute atomic E-state index is 0.00380. The number of sulfonamides is 1. The highest BCUT2D eigenvalue weighted by atomic mass is 32.2. The molecule has 0 aliphatic rings. The molecule has 0 radical (unpaired) electrons. The van der Waals surface area contributed by atoms with Crippen molar-refractivity contribution in [3.05, 3.63) is 23.8 Å². The second-order valence-electron chi connectivity index (χ2n) is 4.25. The van der Waals surface area contributed by atoms with E-state index in [0.29, 0.717) is 18.7 Å². The molecule has 0 atom stereocenters. The van der Waals surface area contributed by atoms with E-state index in [1.54, 1.807) is 0 Å². The van der Waals surface area contributed by atoms with E-state index in [2.05, 4.69) is 10.0 Å². The Hall–Kier alpha value is -1.48. The number of anilines is 2. The second kappa shape index (κ2) is 6.31. The van der Waals surface area contributed by atoms with Crippen LogP contribution in [0.1, 0.15) is 12.0 Å². The maximum absolute atomic E-state index is 12.4. The first-order valence-electron chi connectivity index (χ1n) is 5.75. The molecule has 20 heavy (non-hydrogen) atoms. The van der Waals surface area contributed by atoms with Crippen molar-refractivity contribution in [2.45, 2.75) is 12.6 Å². The molecular formula is C11H16F3N3O2S. The highest BCUT2D eigenvalue weighted by molar-refractivity contribution is 7.88. The lowest BCUT2D eigenvalue weighted by molar-refractivity contribution is -0.137. The molecule has 4 N–H and O–H groups in total. The van der Waals surface area contributed by atoms with E-state index in [1.165, 1.54) is 6.07 Å². The van der Waals surface area contributed by atoms with E-state index in [0.717, 1.165) is 18.4 Å². The molecular weight excluding hydrogens is 295 g/mol. The largest absolute Gasteiger partial charge is 0.416 e. The maximum atomic E-state index is 12.4. The van der Waals surface area contributed by atoms with Gasteiger partial charge >= 0.3 is 6.18 Å². The third kappa shape index (κ3) is 5.66. The molecule has 1 aromatic carbocycles. The van der Waals surface area contributed by atoms with Gasteiger partial charge in [-0.2, -0.15) is 13.2 Å². The molecule has 0 aliphatic carbocycles. The van der Waals surface area contributed by atoms with Crippen molar-refractivity contribution < 1.29 is 21.6 Å². The molecule has 1 aromatic rings. The number of nitrogen functional groups attached to an aromatic ring is 1. The van der Waals surface area contributed by atoms with Gasteiger partial charge in [0.2, 0.25) is 10.0 Å². The molecule has 0 unspecified atom stereocenters. The molecule has 114 valence electrons. The van der Waals surface area contributed by atoms with Crippen LogP contribution in [0.2, 0.25) is 0 Å². The zero-order chi connectivity index (χ0) is 15.4. The van der Waals surface area contributed by atoms with Gasteiger partial charge in [0.1, 0.15) is 0 Å². The van der Waals surface area contributed by atoms with Crippen molar-refractivity contribution in [1.29, 1.82) is 0 Å². The van der Waals surface area contributed by atoms with Gasteiger partial charge in [0.15, 0.2) is 0 Å². The molecule has 0 amide bonds. The topological polar surface area (TPSA) is 84.2 Å². The Bertz CT molecular complexity index is 559. The van der Waals surface area contributed by atoms with E-state index in [1.807, 2.05) is 0 Å². The first-order valence-corrected chi connectivity index (χ1v) is 7.64. The smallest absolute Gasteiger partial charge is 0.397 e. The van der Waals surface area contributed by atoms with Crippen LogP contribution < -0.4 is 15.8 Å². The number of benzene rings is 1. The minimum atomic E-state index is -4.42. The van der Waals surface area contributed by atoms with Crippen LogP contribution in [0, 0.1) is 0 Å². The monoisotopic (exact) mass is 311 g/mol. The van der Waals surface area contributed by atoms with Gasteiger partial charge < -0.3 is 11.1 Å². The average molecular weight is 311 g/mol. The molecule has 9 heteroatoms. The summed E-state index contributed by atoms with van der Waals surface area (Å²) in [5.74, 6) is 0. The maximum Gasteiger partial charge on any atom is 0.416 e. The summed E-state index contributed by atoms with van der Waals surface area (Å²) in [6.45, 7) is 0.629. The van der Waals surface area contributed by atoms with Crippen LogP contribution in [-0.4, -0.2) is 27.8 Å². The molecule has 0 aliphatic heterocycles. The van der Waals surface area contributed by atoms with Gasteiger partial charge in [0.05, 0.1) is 23.2 Å². The third-order valence-corrected chi connectivity index (χ3v) is 3.14. The fourth-order valence-electron chi connectivity index (χ4n) is 1.47. The van der Waals surface area contributed by atoms with Crippen LogP contribution in [0.5, 0.6) is 0 Å². The predicted octanol–water partition coefficient (Wildman–Crippen LogP) is 1.64. The molecule has 0 spiro atoms. The lowest BCUT2D eigenvalue weighted by Gasteiger charge is -2.12. The number of halogens is 3. The number of hydrogen-bond acceptors (Lipinski definition) is 4. The average Bonchev–Trinajstić information content (AvgIpc) is 2.27. The highest BCUT2D eigenvalue weighted by Gasteiger charge is 2.30. The van der Waals surface area contributed by atoms with Crippen LogP contribution in [0.3, 0.4) is 0 Å². The second-order valence-corrected chi connectivity index (χ2v) is 6.08. The fourth-order valence-corrected chi connectivity index (χ4v) is 1.98. The number of alkyl halides is 3. The van der Waals surface area contributed by atoms with Crippen LogP contribution in [0.15, 0.2) is 18.2 Å². The zero-order valence-corrected chi connectivity index (χ0v) is 11.6. The minimum Gasteiger partial charge on any atom is -0.397 e. The lowest BCUT2D eigenvalue weighted by Crippen LogP contribution is -2.24. The molecule has 0 fully saturated rings. The molecule has 0 bridgehead atoms. The normalized spacial score (nSPS) is 12.4. The number of hydrogen-bond donors (Lipinski definition) is 3. The summed E-state index contributed by atoms with van der Waals surface area (Å²) in [6, 6.07) is 3.05. The van der Waals surface area contributed by atoms with Crippen molar-refractivity contribution in [3.63, 3.8) is 0 Å². The molecule has 0 saturated heterocycles. The van der Waals surface area contributed by atoms with Crippen molar-refractivity contribution >= 4 is 21.4 Å². The van der Waals surface area contributed by atoms with Gasteiger partial charge in [0.25, 0.3) is 0 Å². The molecule has 5 nitrogen and oxygen atoms in total. The predicted molar refractivity (Wildman–Crippen MR) is 71.8 cm³/mol. The van der Waals surface area contributed by atoms with Crippen LogP contribution in [0.25, 0.3) is 0 Å². The van der Waals surface area contributed by atoms with E-state index < -0.39 is 21.8 Å². The van der Waals surface area contributed by atoms with Crippen molar-refractivity contribution in [2.75, 3.05) is 30.4 Å². The summed E-state index contributed by atoms with van der Waals surface area (Å²) in [5, 5.41) is 2.85. The number of rotatable bonds is 6. The SMILES string of the molecule is CS(=O)(=O)NCCCNc1ccc(C(F)(F)F)cc1N. The van der Waals surface area contributed by atoms with Crippen molar-refractivity contribution in [2.24, 2.45) is 0 Å². The summed E-state index contributed by atoms with van der Waals surface area (Å²) in [5.41, 5.74) is 5.10. The zero-order valence-electron chi connectivity index (χ0n) is 10.8. The van der Waals surface area contributed by atoms with Gasteiger partial charge in [-0.15, -0.1) is 0 Å².